The van der Waals surface area contributed by atoms with Crippen LogP contribution in [0.2, 0.25) is 0 Å². The second kappa shape index (κ2) is 3.86. The number of fused-ring (bicyclic) bond motifs is 1. The highest BCUT2D eigenvalue weighted by molar-refractivity contribution is 5.95. The fourth-order valence-electron chi connectivity index (χ4n) is 1.50. The van der Waals surface area contributed by atoms with Crippen molar-refractivity contribution in [2.24, 2.45) is 0 Å². The van der Waals surface area contributed by atoms with Gasteiger partial charge < -0.3 is 4.74 Å². The summed E-state index contributed by atoms with van der Waals surface area (Å²) in [7, 11) is 0. The van der Waals surface area contributed by atoms with Gasteiger partial charge in [-0.2, -0.15) is 13.2 Å². The molecule has 1 aromatic carbocycles. The van der Waals surface area contributed by atoms with Crippen molar-refractivity contribution in [2.45, 2.75) is 6.18 Å². The average molecular weight is 262 g/mol. The molecule has 9 heteroatoms. The number of halogens is 3. The average Bonchev–Trinajstić information content (AvgIpc) is 2.26. The molecule has 1 amide bonds. The summed E-state index contributed by atoms with van der Waals surface area (Å²) in [5.41, 5.74) is -1.61. The summed E-state index contributed by atoms with van der Waals surface area (Å²) in [6.45, 7) is -0.584. The van der Waals surface area contributed by atoms with Crippen LogP contribution in [-0.4, -0.2) is 17.5 Å². The predicted molar refractivity (Wildman–Crippen MR) is 51.4 cm³/mol. The number of benzene rings is 1. The summed E-state index contributed by atoms with van der Waals surface area (Å²) in [5, 5.41) is 9.63. The van der Waals surface area contributed by atoms with E-state index >= 15 is 0 Å². The van der Waals surface area contributed by atoms with Crippen LogP contribution in [-0.2, 0) is 11.0 Å². The van der Waals surface area contributed by atoms with Gasteiger partial charge in [0.25, 0.3) is 0 Å². The van der Waals surface area contributed by atoms with Gasteiger partial charge in [-0.05, 0) is 23.2 Å². The predicted octanol–water partition coefficient (Wildman–Crippen LogP) is 1.62. The molecule has 0 saturated heterocycles. The number of hydrogen-bond acceptors (Lipinski definition) is 4. The van der Waals surface area contributed by atoms with Gasteiger partial charge in [-0.3, -0.25) is 4.79 Å². The lowest BCUT2D eigenvalue weighted by Crippen LogP contribution is -2.42. The molecule has 1 aliphatic heterocycles. The molecule has 0 unspecified atom stereocenters. The van der Waals surface area contributed by atoms with Crippen molar-refractivity contribution in [1.29, 1.82) is 0 Å². The first-order chi connectivity index (χ1) is 8.30. The van der Waals surface area contributed by atoms with Crippen molar-refractivity contribution in [3.63, 3.8) is 0 Å². The molecule has 1 aromatic rings. The van der Waals surface area contributed by atoms with Gasteiger partial charge in [0.1, 0.15) is 5.75 Å². The van der Waals surface area contributed by atoms with E-state index in [1.54, 1.807) is 0 Å². The van der Waals surface area contributed by atoms with Crippen LogP contribution in [0, 0.1) is 10.1 Å². The number of rotatable bonds is 1. The fraction of sp³-hybridized carbons (Fsp3) is 0.222. The normalized spacial score (nSPS) is 15.1. The summed E-state index contributed by atoms with van der Waals surface area (Å²) in [4.78, 5) is 21.9. The molecular formula is C9H5F3N2O4. The number of hydrogen-bond donors (Lipinski definition) is 0. The minimum Gasteiger partial charge on any atom is -0.481 e. The second-order valence-electron chi connectivity index (χ2n) is 3.41. The fourth-order valence-corrected chi connectivity index (χ4v) is 1.50. The minimum atomic E-state index is -4.65. The van der Waals surface area contributed by atoms with E-state index in [0.29, 0.717) is 6.07 Å². The van der Waals surface area contributed by atoms with Crippen LogP contribution in [0.1, 0.15) is 5.56 Å². The third-order valence-corrected chi connectivity index (χ3v) is 2.27. The maximum atomic E-state index is 12.5. The number of ether oxygens (including phenoxy) is 1. The van der Waals surface area contributed by atoms with Crippen molar-refractivity contribution in [1.82, 2.24) is 0 Å². The lowest BCUT2D eigenvalue weighted by molar-refractivity contribution is -0.484. The molecule has 0 aromatic heterocycles. The van der Waals surface area contributed by atoms with Crippen LogP contribution in [0.3, 0.4) is 0 Å². The number of alkyl halides is 3. The number of carbonyl (C=O) groups excluding carboxylic acids is 1. The highest BCUT2D eigenvalue weighted by Crippen LogP contribution is 2.38. The lowest BCUT2D eigenvalue weighted by atomic mass is 10.1. The largest absolute Gasteiger partial charge is 0.481 e. The van der Waals surface area contributed by atoms with Gasteiger partial charge in [0.15, 0.2) is 17.3 Å². The molecule has 18 heavy (non-hydrogen) atoms. The van der Waals surface area contributed by atoms with Crippen LogP contribution < -0.4 is 9.75 Å². The Hall–Kier alpha value is -2.32. The molecule has 0 N–H and O–H groups in total. The quantitative estimate of drug-likeness (QED) is 0.569. The Morgan fingerprint density at radius 1 is 1.39 bits per heavy atom. The number of hydrazine groups is 1. The Balaban J connectivity index is 2.55. The molecule has 6 nitrogen and oxygen atoms in total. The summed E-state index contributed by atoms with van der Waals surface area (Å²) in [6.07, 6.45) is -4.65. The summed E-state index contributed by atoms with van der Waals surface area (Å²) >= 11 is 0. The molecule has 2 rings (SSSR count). The van der Waals surface area contributed by atoms with E-state index in [1.807, 2.05) is 0 Å². The zero-order valence-electron chi connectivity index (χ0n) is 8.60. The molecule has 1 heterocycles. The van der Waals surface area contributed by atoms with Crippen molar-refractivity contribution in [3.8, 4) is 5.75 Å². The lowest BCUT2D eigenvalue weighted by Gasteiger charge is -2.22. The number of nitro groups is 1. The van der Waals surface area contributed by atoms with Crippen molar-refractivity contribution in [2.75, 3.05) is 11.6 Å². The van der Waals surface area contributed by atoms with E-state index in [4.69, 9.17) is 4.74 Å². The Labute approximate surface area is 97.7 Å². The molecule has 0 spiro atoms. The van der Waals surface area contributed by atoms with Gasteiger partial charge in [-0.15, -0.1) is 0 Å². The van der Waals surface area contributed by atoms with E-state index in [1.165, 1.54) is 0 Å². The molecule has 0 atom stereocenters. The first-order valence-corrected chi connectivity index (χ1v) is 4.62. The zero-order chi connectivity index (χ0) is 13.5. The van der Waals surface area contributed by atoms with Crippen LogP contribution in [0.15, 0.2) is 18.2 Å². The highest BCUT2D eigenvalue weighted by Gasteiger charge is 2.38. The molecular weight excluding hydrogens is 257 g/mol. The van der Waals surface area contributed by atoms with Crippen LogP contribution in [0.5, 0.6) is 5.75 Å². The van der Waals surface area contributed by atoms with E-state index in [2.05, 4.69) is 0 Å². The van der Waals surface area contributed by atoms with Gasteiger partial charge in [-0.1, -0.05) is 0 Å². The van der Waals surface area contributed by atoms with Gasteiger partial charge in [0, 0.05) is 0 Å². The monoisotopic (exact) mass is 262 g/mol. The Morgan fingerprint density at radius 2 is 2.06 bits per heavy atom. The van der Waals surface area contributed by atoms with Crippen LogP contribution >= 0.6 is 0 Å². The second-order valence-corrected chi connectivity index (χ2v) is 3.41. The SMILES string of the molecule is O=C1COc2ccc(C(F)(F)F)cc2N1[N+](=O)[O-]. The van der Waals surface area contributed by atoms with E-state index < -0.39 is 35.0 Å². The molecule has 0 bridgehead atoms. The van der Waals surface area contributed by atoms with E-state index in [0.717, 1.165) is 12.1 Å². The number of anilines is 1. The van der Waals surface area contributed by atoms with Crippen LogP contribution in [0.4, 0.5) is 18.9 Å². The maximum Gasteiger partial charge on any atom is 0.416 e. The number of amides is 1. The van der Waals surface area contributed by atoms with E-state index in [-0.39, 0.29) is 10.8 Å². The molecule has 96 valence electrons. The summed E-state index contributed by atoms with van der Waals surface area (Å²) in [6, 6.07) is 2.18. The van der Waals surface area contributed by atoms with Crippen molar-refractivity contribution < 1.29 is 27.7 Å². The van der Waals surface area contributed by atoms with Crippen molar-refractivity contribution >= 4 is 11.6 Å². The maximum absolute atomic E-state index is 12.5. The zero-order valence-corrected chi connectivity index (χ0v) is 8.60. The number of nitrogens with zero attached hydrogens (tertiary/aromatic N) is 2. The molecule has 0 aliphatic carbocycles. The molecule has 0 saturated carbocycles. The van der Waals surface area contributed by atoms with Gasteiger partial charge in [0.2, 0.25) is 0 Å². The topological polar surface area (TPSA) is 72.7 Å². The summed E-state index contributed by atoms with van der Waals surface area (Å²) in [5.74, 6) is -1.17. The molecule has 1 aliphatic rings. The third-order valence-electron chi connectivity index (χ3n) is 2.27. The molecule has 0 radical (unpaired) electrons. The Kier molecular flexibility index (Phi) is 2.60. The van der Waals surface area contributed by atoms with Crippen molar-refractivity contribution in [3.05, 3.63) is 33.9 Å². The highest BCUT2D eigenvalue weighted by atomic mass is 19.4. The Morgan fingerprint density at radius 3 is 2.61 bits per heavy atom. The van der Waals surface area contributed by atoms with Gasteiger partial charge in [0.05, 0.1) is 5.56 Å². The van der Waals surface area contributed by atoms with Gasteiger partial charge in [-0.25, -0.2) is 10.1 Å². The van der Waals surface area contributed by atoms with Crippen LogP contribution in [0.25, 0.3) is 0 Å². The van der Waals surface area contributed by atoms with Gasteiger partial charge >= 0.3 is 12.1 Å². The number of carbonyl (C=O) groups is 1. The first kappa shape index (κ1) is 12.1. The van der Waals surface area contributed by atoms with E-state index in [9.17, 15) is 28.1 Å². The standard InChI is InChI=1S/C9H5F3N2O4/c10-9(11,12)5-1-2-7-6(3-5)13(14(16)17)8(15)4-18-7/h1-3H,4H2. The summed E-state index contributed by atoms with van der Waals surface area (Å²) < 4.78 is 42.2. The third kappa shape index (κ3) is 1.94. The minimum absolute atomic E-state index is 0.0497. The smallest absolute Gasteiger partial charge is 0.416 e. The molecule has 0 fully saturated rings. The first-order valence-electron chi connectivity index (χ1n) is 4.62. The Bertz CT molecular complexity index is 529.